The summed E-state index contributed by atoms with van der Waals surface area (Å²) in [5.74, 6) is 5.10. The summed E-state index contributed by atoms with van der Waals surface area (Å²) in [6.45, 7) is 2.66. The fourth-order valence-corrected chi connectivity index (χ4v) is 0.665. The second-order valence-corrected chi connectivity index (χ2v) is 3.60. The van der Waals surface area contributed by atoms with Crippen LogP contribution < -0.4 is 0 Å². The molecule has 0 N–H and O–H groups in total. The van der Waals surface area contributed by atoms with E-state index in [1.807, 2.05) is 6.92 Å². The van der Waals surface area contributed by atoms with E-state index in [1.165, 1.54) is 0 Å². The van der Waals surface area contributed by atoms with Gasteiger partial charge in [0.1, 0.15) is 13.2 Å². The van der Waals surface area contributed by atoms with Crippen molar-refractivity contribution in [1.29, 1.82) is 0 Å². The Morgan fingerprint density at radius 3 is 2.33 bits per heavy atom. The molecule has 12 heavy (non-hydrogen) atoms. The summed E-state index contributed by atoms with van der Waals surface area (Å²) in [5.41, 5.74) is 0. The molecule has 70 valence electrons. The van der Waals surface area contributed by atoms with Crippen LogP contribution in [-0.2, 0) is 19.0 Å². The summed E-state index contributed by atoms with van der Waals surface area (Å²) in [5, 5.41) is 0. The summed E-state index contributed by atoms with van der Waals surface area (Å²) in [6, 6.07) is 0. The lowest BCUT2D eigenvalue weighted by Gasteiger charge is -1.92. The second-order valence-electron chi connectivity index (χ2n) is 1.96. The Kier molecular flexibility index (Phi) is 5.72. The van der Waals surface area contributed by atoms with Crippen LogP contribution in [0.4, 0.5) is 0 Å². The van der Waals surface area contributed by atoms with Crippen LogP contribution in [0.1, 0.15) is 6.92 Å². The molecule has 0 saturated carbocycles. The third kappa shape index (κ3) is 9.43. The van der Waals surface area contributed by atoms with Gasteiger partial charge in [0, 0.05) is 6.61 Å². The molecule has 0 fully saturated rings. The first-order valence-corrected chi connectivity index (χ1v) is 5.25. The van der Waals surface area contributed by atoms with Crippen LogP contribution in [0.25, 0.3) is 0 Å². The summed E-state index contributed by atoms with van der Waals surface area (Å²) in [6.07, 6.45) is 0.983. The fourth-order valence-electron chi connectivity index (χ4n) is 0.392. The van der Waals surface area contributed by atoms with Crippen LogP contribution in [0.5, 0.6) is 0 Å². The lowest BCUT2D eigenvalue weighted by atomic mass is 10.6. The Labute approximate surface area is 73.0 Å². The van der Waals surface area contributed by atoms with E-state index in [0.29, 0.717) is 13.2 Å². The smallest absolute Gasteiger partial charge is 0.265 e. The Morgan fingerprint density at radius 2 is 1.83 bits per heavy atom. The molecule has 0 aromatic carbocycles. The normalized spacial score (nSPS) is 10.5. The summed E-state index contributed by atoms with van der Waals surface area (Å²) >= 11 is 0. The average Bonchev–Trinajstić information content (AvgIpc) is 1.94. The van der Waals surface area contributed by atoms with Crippen molar-refractivity contribution in [2.45, 2.75) is 6.92 Å². The van der Waals surface area contributed by atoms with E-state index in [0.717, 1.165) is 6.26 Å². The predicted octanol–water partition coefficient (Wildman–Crippen LogP) is 0.00250. The van der Waals surface area contributed by atoms with Gasteiger partial charge in [-0.1, -0.05) is 11.8 Å². The summed E-state index contributed by atoms with van der Waals surface area (Å²) < 4.78 is 30.0. The van der Waals surface area contributed by atoms with E-state index in [-0.39, 0.29) is 6.61 Å². The minimum Gasteiger partial charge on any atom is -0.369 e. The molecule has 0 heterocycles. The highest BCUT2D eigenvalue weighted by atomic mass is 32.2. The van der Waals surface area contributed by atoms with Gasteiger partial charge in [0.25, 0.3) is 10.1 Å². The molecule has 0 radical (unpaired) electrons. The highest BCUT2D eigenvalue weighted by Gasteiger charge is 1.96. The minimum atomic E-state index is -3.36. The standard InChI is InChI=1S/C7H12O4S/c1-3-10-6-4-5-7-11-12(2,8)9/h3,6-7H2,1-2H3. The maximum absolute atomic E-state index is 10.4. The molecule has 0 unspecified atom stereocenters. The van der Waals surface area contributed by atoms with Gasteiger partial charge < -0.3 is 4.74 Å². The maximum atomic E-state index is 10.4. The molecule has 4 nitrogen and oxygen atoms in total. The highest BCUT2D eigenvalue weighted by Crippen LogP contribution is 1.83. The number of rotatable bonds is 4. The fraction of sp³-hybridized carbons (Fsp3) is 0.714. The van der Waals surface area contributed by atoms with Crippen LogP contribution in [0, 0.1) is 11.8 Å². The van der Waals surface area contributed by atoms with Crippen molar-refractivity contribution in [3.63, 3.8) is 0 Å². The molecular weight excluding hydrogens is 180 g/mol. The monoisotopic (exact) mass is 192 g/mol. The molecule has 0 aromatic heterocycles. The molecule has 0 amide bonds. The van der Waals surface area contributed by atoms with Gasteiger partial charge in [0.2, 0.25) is 0 Å². The van der Waals surface area contributed by atoms with E-state index < -0.39 is 10.1 Å². The Morgan fingerprint density at radius 1 is 1.25 bits per heavy atom. The molecule has 0 aromatic rings. The van der Waals surface area contributed by atoms with E-state index in [9.17, 15) is 8.42 Å². The van der Waals surface area contributed by atoms with Crippen LogP contribution in [-0.4, -0.2) is 34.5 Å². The van der Waals surface area contributed by atoms with Crippen molar-refractivity contribution in [3.05, 3.63) is 0 Å². The first-order valence-electron chi connectivity index (χ1n) is 3.44. The Hall–Kier alpha value is -0.570. The molecule has 0 bridgehead atoms. The van der Waals surface area contributed by atoms with E-state index >= 15 is 0 Å². The second kappa shape index (κ2) is 6.00. The summed E-state index contributed by atoms with van der Waals surface area (Å²) in [7, 11) is -3.36. The van der Waals surface area contributed by atoms with E-state index in [1.54, 1.807) is 0 Å². The van der Waals surface area contributed by atoms with E-state index in [4.69, 9.17) is 4.74 Å². The molecule has 0 aliphatic heterocycles. The van der Waals surface area contributed by atoms with Gasteiger partial charge >= 0.3 is 0 Å². The predicted molar refractivity (Wildman–Crippen MR) is 45.1 cm³/mol. The molecule has 0 aliphatic carbocycles. The van der Waals surface area contributed by atoms with Gasteiger partial charge in [-0.25, -0.2) is 0 Å². The van der Waals surface area contributed by atoms with Crippen molar-refractivity contribution in [2.75, 3.05) is 26.1 Å². The molecule has 0 aliphatic rings. The zero-order chi connectivity index (χ0) is 9.45. The molecule has 0 rings (SSSR count). The molecule has 0 atom stereocenters. The average molecular weight is 192 g/mol. The lowest BCUT2D eigenvalue weighted by molar-refractivity contribution is 0.182. The first kappa shape index (κ1) is 11.4. The molecule has 5 heteroatoms. The van der Waals surface area contributed by atoms with Gasteiger partial charge in [-0.15, -0.1) is 0 Å². The van der Waals surface area contributed by atoms with Gasteiger partial charge in [0.05, 0.1) is 6.26 Å². The number of ether oxygens (including phenoxy) is 1. The van der Waals surface area contributed by atoms with Crippen molar-refractivity contribution in [2.24, 2.45) is 0 Å². The van der Waals surface area contributed by atoms with Gasteiger partial charge in [-0.2, -0.15) is 8.42 Å². The Bertz CT molecular complexity index is 257. The first-order chi connectivity index (χ1) is 5.56. The third-order valence-electron chi connectivity index (χ3n) is 0.849. The number of hydrogen-bond donors (Lipinski definition) is 0. The topological polar surface area (TPSA) is 52.6 Å². The van der Waals surface area contributed by atoms with E-state index in [2.05, 4.69) is 16.0 Å². The lowest BCUT2D eigenvalue weighted by Crippen LogP contribution is -2.02. The zero-order valence-corrected chi connectivity index (χ0v) is 7.98. The van der Waals surface area contributed by atoms with Crippen LogP contribution >= 0.6 is 0 Å². The Balaban J connectivity index is 3.47. The van der Waals surface area contributed by atoms with Crippen LogP contribution in [0.2, 0.25) is 0 Å². The zero-order valence-electron chi connectivity index (χ0n) is 7.16. The molecule has 0 saturated heterocycles. The van der Waals surface area contributed by atoms with Crippen molar-refractivity contribution in [1.82, 2.24) is 0 Å². The van der Waals surface area contributed by atoms with Gasteiger partial charge in [-0.3, -0.25) is 4.18 Å². The third-order valence-corrected chi connectivity index (χ3v) is 1.39. The molecular formula is C7H12O4S. The van der Waals surface area contributed by atoms with Crippen molar-refractivity contribution >= 4 is 10.1 Å². The van der Waals surface area contributed by atoms with Crippen molar-refractivity contribution < 1.29 is 17.3 Å². The van der Waals surface area contributed by atoms with Crippen LogP contribution in [0.15, 0.2) is 0 Å². The summed E-state index contributed by atoms with van der Waals surface area (Å²) in [4.78, 5) is 0. The van der Waals surface area contributed by atoms with Gasteiger partial charge in [-0.05, 0) is 6.92 Å². The minimum absolute atomic E-state index is 0.105. The maximum Gasteiger partial charge on any atom is 0.265 e. The molecule has 0 spiro atoms. The van der Waals surface area contributed by atoms with Crippen LogP contribution in [0.3, 0.4) is 0 Å². The highest BCUT2D eigenvalue weighted by molar-refractivity contribution is 7.85. The van der Waals surface area contributed by atoms with Gasteiger partial charge in [0.15, 0.2) is 0 Å². The SMILES string of the molecule is CCOCC#CCOS(C)(=O)=O. The van der Waals surface area contributed by atoms with Crippen molar-refractivity contribution in [3.8, 4) is 11.8 Å². The number of hydrogen-bond acceptors (Lipinski definition) is 4. The quantitative estimate of drug-likeness (QED) is 0.357. The largest absolute Gasteiger partial charge is 0.369 e.